The van der Waals surface area contributed by atoms with E-state index in [1.165, 1.54) is 12.4 Å². The van der Waals surface area contributed by atoms with E-state index in [0.717, 1.165) is 23.0 Å². The average molecular weight is 471 g/mol. The maximum atomic E-state index is 12.4. The first-order chi connectivity index (χ1) is 17.0. The molecule has 10 heteroatoms. The summed E-state index contributed by atoms with van der Waals surface area (Å²) in [7, 11) is 1.62. The molecule has 1 amide bonds. The molecule has 1 fully saturated rings. The summed E-state index contributed by atoms with van der Waals surface area (Å²) in [5.41, 5.74) is 9.22. The number of ether oxygens (including phenoxy) is 1. The van der Waals surface area contributed by atoms with Crippen molar-refractivity contribution in [3.8, 4) is 11.8 Å². The highest BCUT2D eigenvalue weighted by Crippen LogP contribution is 2.32. The second kappa shape index (κ2) is 9.19. The third kappa shape index (κ3) is 4.00. The lowest BCUT2D eigenvalue weighted by Crippen LogP contribution is -2.37. The molecule has 4 heterocycles. The zero-order chi connectivity index (χ0) is 24.5. The number of nitrogens with zero attached hydrogens (tertiary/aromatic N) is 7. The molecule has 1 aromatic carbocycles. The zero-order valence-corrected chi connectivity index (χ0v) is 19.7. The third-order valence-corrected chi connectivity index (χ3v) is 6.34. The number of aryl methyl sites for hydroxylation is 1. The normalized spacial score (nSPS) is 17.6. The fraction of sp³-hybridized carbons (Fsp3) is 0.320. The van der Waals surface area contributed by atoms with Crippen molar-refractivity contribution in [3.05, 3.63) is 54.6 Å². The number of anilines is 1. The summed E-state index contributed by atoms with van der Waals surface area (Å²) in [5.74, 6) is 6.54. The van der Waals surface area contributed by atoms with Gasteiger partial charge in [-0.3, -0.25) is 9.48 Å². The van der Waals surface area contributed by atoms with E-state index in [2.05, 4.69) is 40.4 Å². The van der Waals surface area contributed by atoms with E-state index in [-0.39, 0.29) is 18.0 Å². The lowest BCUT2D eigenvalue weighted by molar-refractivity contribution is -0.127. The Balaban J connectivity index is 1.53. The molecular formula is C25H26N8O2. The molecule has 35 heavy (non-hydrogen) atoms. The molecule has 3 aromatic heterocycles. The first kappa shape index (κ1) is 22.6. The van der Waals surface area contributed by atoms with Crippen LogP contribution >= 0.6 is 0 Å². The number of nitrogen functional groups attached to an aromatic ring is 1. The first-order valence-electron chi connectivity index (χ1n) is 11.4. The van der Waals surface area contributed by atoms with E-state index >= 15 is 0 Å². The molecule has 2 atom stereocenters. The molecule has 0 saturated carbocycles. The molecular weight excluding hydrogens is 444 g/mol. The van der Waals surface area contributed by atoms with Gasteiger partial charge in [0.25, 0.3) is 0 Å². The SMILES string of the molecule is C=CC(=O)N1C[C@@H](n2nc(C#Cc3ccc4c(cnn4CC)c3)c3c(N)ncnc32)C[C@@H]1COC. The van der Waals surface area contributed by atoms with Crippen molar-refractivity contribution in [2.24, 2.45) is 0 Å². The largest absolute Gasteiger partial charge is 0.383 e. The smallest absolute Gasteiger partial charge is 0.246 e. The molecule has 0 radical (unpaired) electrons. The number of aromatic nitrogens is 6. The summed E-state index contributed by atoms with van der Waals surface area (Å²) in [5, 5.41) is 10.8. The Bertz CT molecular complexity index is 1490. The van der Waals surface area contributed by atoms with Gasteiger partial charge < -0.3 is 15.4 Å². The highest BCUT2D eigenvalue weighted by Gasteiger charge is 2.37. The van der Waals surface area contributed by atoms with Gasteiger partial charge in [0.15, 0.2) is 5.65 Å². The summed E-state index contributed by atoms with van der Waals surface area (Å²) < 4.78 is 9.10. The molecule has 0 unspecified atom stereocenters. The van der Waals surface area contributed by atoms with Crippen molar-refractivity contribution in [2.45, 2.75) is 32.0 Å². The molecule has 0 spiro atoms. The average Bonchev–Trinajstić information content (AvgIpc) is 3.57. The van der Waals surface area contributed by atoms with Crippen molar-refractivity contribution >= 4 is 33.7 Å². The number of benzene rings is 1. The number of fused-ring (bicyclic) bond motifs is 2. The van der Waals surface area contributed by atoms with Crippen molar-refractivity contribution in [2.75, 3.05) is 26.0 Å². The number of rotatable bonds is 5. The predicted octanol–water partition coefficient (Wildman–Crippen LogP) is 2.15. The quantitative estimate of drug-likeness (QED) is 0.351. The van der Waals surface area contributed by atoms with Crippen LogP contribution in [0.25, 0.3) is 21.9 Å². The van der Waals surface area contributed by atoms with E-state index in [1.54, 1.807) is 12.0 Å². The van der Waals surface area contributed by atoms with Crippen LogP contribution in [0.4, 0.5) is 5.82 Å². The number of hydrogen-bond acceptors (Lipinski definition) is 7. The fourth-order valence-corrected chi connectivity index (χ4v) is 4.69. The molecule has 1 aliphatic heterocycles. The van der Waals surface area contributed by atoms with Gasteiger partial charge in [-0.05, 0) is 43.5 Å². The molecule has 10 nitrogen and oxygen atoms in total. The topological polar surface area (TPSA) is 117 Å². The molecule has 0 aliphatic carbocycles. The predicted molar refractivity (Wildman–Crippen MR) is 132 cm³/mol. The van der Waals surface area contributed by atoms with Crippen LogP contribution in [-0.4, -0.2) is 66.6 Å². The van der Waals surface area contributed by atoms with E-state index in [1.807, 2.05) is 33.8 Å². The van der Waals surface area contributed by atoms with Crippen LogP contribution in [0, 0.1) is 11.8 Å². The molecule has 4 aromatic rings. The number of likely N-dealkylation sites (tertiary alicyclic amines) is 1. The van der Waals surface area contributed by atoms with Gasteiger partial charge in [-0.2, -0.15) is 10.2 Å². The fourth-order valence-electron chi connectivity index (χ4n) is 4.69. The number of methoxy groups -OCH3 is 1. The number of hydrogen-bond donors (Lipinski definition) is 1. The molecule has 178 valence electrons. The molecule has 1 saturated heterocycles. The summed E-state index contributed by atoms with van der Waals surface area (Å²) >= 11 is 0. The van der Waals surface area contributed by atoms with Gasteiger partial charge in [-0.15, -0.1) is 0 Å². The Morgan fingerprint density at radius 1 is 1.34 bits per heavy atom. The second-order valence-electron chi connectivity index (χ2n) is 8.43. The Hall–Kier alpha value is -4.23. The van der Waals surface area contributed by atoms with Crippen LogP contribution in [0.5, 0.6) is 0 Å². The zero-order valence-electron chi connectivity index (χ0n) is 19.7. The highest BCUT2D eigenvalue weighted by molar-refractivity contribution is 5.91. The van der Waals surface area contributed by atoms with Gasteiger partial charge >= 0.3 is 0 Å². The summed E-state index contributed by atoms with van der Waals surface area (Å²) in [6.45, 7) is 7.38. The summed E-state index contributed by atoms with van der Waals surface area (Å²) in [6, 6.07) is 5.80. The standard InChI is InChI=1S/C25H26N8O2/c1-4-22(34)31-13-18(11-19(31)14-35-3)33-25-23(24(26)27-15-28-25)20(30-33)8-6-16-7-9-21-17(10-16)12-29-32(21)5-2/h4,7,9-10,12,15,18-19H,1,5,11,13-14H2,2-3H3,(H2,26,27,28)/t18-,19+/m0/s1. The van der Waals surface area contributed by atoms with E-state index in [0.29, 0.717) is 42.1 Å². The minimum absolute atomic E-state index is 0.0840. The lowest BCUT2D eigenvalue weighted by Gasteiger charge is -2.22. The Morgan fingerprint density at radius 2 is 2.20 bits per heavy atom. The Morgan fingerprint density at radius 3 is 2.97 bits per heavy atom. The maximum Gasteiger partial charge on any atom is 0.246 e. The number of carbonyl (C=O) groups excluding carboxylic acids is 1. The number of nitrogens with two attached hydrogens (primary N) is 1. The maximum absolute atomic E-state index is 12.4. The number of carbonyl (C=O) groups is 1. The highest BCUT2D eigenvalue weighted by atomic mass is 16.5. The Kier molecular flexibility index (Phi) is 5.93. The Labute approximate surface area is 202 Å². The third-order valence-electron chi connectivity index (χ3n) is 6.34. The van der Waals surface area contributed by atoms with Crippen LogP contribution in [-0.2, 0) is 16.1 Å². The lowest BCUT2D eigenvalue weighted by atomic mass is 10.1. The van der Waals surface area contributed by atoms with E-state index in [4.69, 9.17) is 15.6 Å². The van der Waals surface area contributed by atoms with Crippen molar-refractivity contribution in [1.29, 1.82) is 0 Å². The molecule has 5 rings (SSSR count). The van der Waals surface area contributed by atoms with Gasteiger partial charge in [-0.25, -0.2) is 14.6 Å². The van der Waals surface area contributed by atoms with Crippen LogP contribution in [0.1, 0.15) is 30.6 Å². The molecule has 0 bridgehead atoms. The van der Waals surface area contributed by atoms with Crippen molar-refractivity contribution in [1.82, 2.24) is 34.4 Å². The monoisotopic (exact) mass is 470 g/mol. The van der Waals surface area contributed by atoms with Crippen LogP contribution in [0.2, 0.25) is 0 Å². The van der Waals surface area contributed by atoms with Crippen LogP contribution in [0.15, 0.2) is 43.4 Å². The van der Waals surface area contributed by atoms with Crippen molar-refractivity contribution < 1.29 is 9.53 Å². The van der Waals surface area contributed by atoms with Crippen LogP contribution in [0.3, 0.4) is 0 Å². The van der Waals surface area contributed by atoms with E-state index < -0.39 is 0 Å². The molecule has 2 N–H and O–H groups in total. The van der Waals surface area contributed by atoms with Gasteiger partial charge in [0, 0.05) is 31.1 Å². The second-order valence-corrected chi connectivity index (χ2v) is 8.43. The van der Waals surface area contributed by atoms with Gasteiger partial charge in [-0.1, -0.05) is 12.5 Å². The van der Waals surface area contributed by atoms with Gasteiger partial charge in [0.05, 0.1) is 35.8 Å². The summed E-state index contributed by atoms with van der Waals surface area (Å²) in [4.78, 5) is 22.8. The van der Waals surface area contributed by atoms with Gasteiger partial charge in [0.2, 0.25) is 5.91 Å². The minimum Gasteiger partial charge on any atom is -0.383 e. The minimum atomic E-state index is -0.137. The van der Waals surface area contributed by atoms with E-state index in [9.17, 15) is 4.79 Å². The molecule has 1 aliphatic rings. The summed E-state index contributed by atoms with van der Waals surface area (Å²) in [6.07, 6.45) is 5.25. The van der Waals surface area contributed by atoms with Gasteiger partial charge in [0.1, 0.15) is 17.8 Å². The number of amides is 1. The van der Waals surface area contributed by atoms with Crippen LogP contribution < -0.4 is 5.73 Å². The first-order valence-corrected chi connectivity index (χ1v) is 11.4. The van der Waals surface area contributed by atoms with Crippen molar-refractivity contribution in [3.63, 3.8) is 0 Å².